The zero-order chi connectivity index (χ0) is 19.4. The van der Waals surface area contributed by atoms with Crippen LogP contribution in [0.5, 0.6) is 5.75 Å². The number of rotatable bonds is 4. The van der Waals surface area contributed by atoms with Gasteiger partial charge in [-0.05, 0) is 37.6 Å². The number of aliphatic imine (C=N–C) groups is 1. The number of para-hydroxylation sites is 1. The molecule has 0 saturated heterocycles. The third kappa shape index (κ3) is 5.37. The number of primary amides is 1. The van der Waals surface area contributed by atoms with Gasteiger partial charge in [-0.15, -0.1) is 24.0 Å². The van der Waals surface area contributed by atoms with E-state index in [4.69, 9.17) is 10.5 Å². The normalized spacial score (nSPS) is 17.5. The SMILES string of the molecule is CN=C(NCc1ccc(C(N)=O)cc1)NC1CC(C)(C)Oc2ccccc21.I. The van der Waals surface area contributed by atoms with Crippen LogP contribution in [0.4, 0.5) is 0 Å². The lowest BCUT2D eigenvalue weighted by atomic mass is 9.90. The first-order valence-corrected chi connectivity index (χ1v) is 9.02. The number of nitrogens with one attached hydrogen (secondary N) is 2. The fourth-order valence-corrected chi connectivity index (χ4v) is 3.26. The van der Waals surface area contributed by atoms with Gasteiger partial charge in [-0.2, -0.15) is 0 Å². The van der Waals surface area contributed by atoms with E-state index in [9.17, 15) is 4.79 Å². The fraction of sp³-hybridized carbons (Fsp3) is 0.333. The molecule has 0 radical (unpaired) electrons. The van der Waals surface area contributed by atoms with E-state index < -0.39 is 5.91 Å². The Morgan fingerprint density at radius 1 is 1.21 bits per heavy atom. The highest BCUT2D eigenvalue weighted by Gasteiger charge is 2.33. The van der Waals surface area contributed by atoms with E-state index in [-0.39, 0.29) is 35.6 Å². The van der Waals surface area contributed by atoms with Crippen LogP contribution in [0.1, 0.15) is 47.8 Å². The second-order valence-electron chi connectivity index (χ2n) is 7.29. The van der Waals surface area contributed by atoms with Crippen LogP contribution in [-0.2, 0) is 6.54 Å². The minimum absolute atomic E-state index is 0. The van der Waals surface area contributed by atoms with Crippen molar-refractivity contribution in [3.05, 3.63) is 65.2 Å². The predicted molar refractivity (Wildman–Crippen MR) is 122 cm³/mol. The monoisotopic (exact) mass is 494 g/mol. The molecule has 2 aromatic rings. The molecule has 28 heavy (non-hydrogen) atoms. The quantitative estimate of drug-likeness (QED) is 0.346. The Hall–Kier alpha value is -2.29. The largest absolute Gasteiger partial charge is 0.487 e. The molecule has 4 N–H and O–H groups in total. The molecule has 3 rings (SSSR count). The number of ether oxygens (including phenoxy) is 1. The number of benzene rings is 2. The maximum atomic E-state index is 11.2. The van der Waals surface area contributed by atoms with Gasteiger partial charge in [0.25, 0.3) is 0 Å². The highest BCUT2D eigenvalue weighted by Crippen LogP contribution is 2.39. The lowest BCUT2D eigenvalue weighted by Crippen LogP contribution is -2.45. The molecule has 2 aromatic carbocycles. The summed E-state index contributed by atoms with van der Waals surface area (Å²) in [5, 5.41) is 6.82. The minimum atomic E-state index is -0.423. The Bertz CT molecular complexity index is 850. The lowest BCUT2D eigenvalue weighted by Gasteiger charge is -2.38. The Morgan fingerprint density at radius 2 is 1.89 bits per heavy atom. The fourth-order valence-electron chi connectivity index (χ4n) is 3.26. The van der Waals surface area contributed by atoms with Crippen molar-refractivity contribution >= 4 is 35.8 Å². The average Bonchev–Trinajstić information content (AvgIpc) is 2.64. The van der Waals surface area contributed by atoms with Crippen molar-refractivity contribution in [3.8, 4) is 5.75 Å². The van der Waals surface area contributed by atoms with E-state index in [1.165, 1.54) is 0 Å². The van der Waals surface area contributed by atoms with Gasteiger partial charge in [0.15, 0.2) is 5.96 Å². The molecule has 0 saturated carbocycles. The van der Waals surface area contributed by atoms with Crippen LogP contribution < -0.4 is 21.1 Å². The summed E-state index contributed by atoms with van der Waals surface area (Å²) in [5.41, 5.74) is 7.69. The molecule has 1 aliphatic heterocycles. The first kappa shape index (κ1) is 22.0. The van der Waals surface area contributed by atoms with Crippen molar-refractivity contribution < 1.29 is 9.53 Å². The molecule has 1 unspecified atom stereocenters. The van der Waals surface area contributed by atoms with Gasteiger partial charge in [-0.3, -0.25) is 9.79 Å². The van der Waals surface area contributed by atoms with Crippen LogP contribution in [0.15, 0.2) is 53.5 Å². The van der Waals surface area contributed by atoms with Gasteiger partial charge < -0.3 is 21.1 Å². The number of carbonyl (C=O) groups excluding carboxylic acids is 1. The third-order valence-electron chi connectivity index (χ3n) is 4.61. The zero-order valence-electron chi connectivity index (χ0n) is 16.4. The Morgan fingerprint density at radius 3 is 2.54 bits per heavy atom. The molecule has 6 nitrogen and oxygen atoms in total. The number of guanidine groups is 1. The van der Waals surface area contributed by atoms with E-state index in [0.29, 0.717) is 18.1 Å². The molecular weight excluding hydrogens is 467 g/mol. The molecule has 0 fully saturated rings. The first-order valence-electron chi connectivity index (χ1n) is 9.02. The molecule has 0 aromatic heterocycles. The summed E-state index contributed by atoms with van der Waals surface area (Å²) in [7, 11) is 1.75. The summed E-state index contributed by atoms with van der Waals surface area (Å²) >= 11 is 0. The van der Waals surface area contributed by atoms with Crippen molar-refractivity contribution in [1.82, 2.24) is 10.6 Å². The number of nitrogens with zero attached hydrogens (tertiary/aromatic N) is 1. The van der Waals surface area contributed by atoms with E-state index in [2.05, 4.69) is 35.5 Å². The van der Waals surface area contributed by atoms with E-state index in [1.807, 2.05) is 30.3 Å². The third-order valence-corrected chi connectivity index (χ3v) is 4.61. The second kappa shape index (κ2) is 9.27. The average molecular weight is 494 g/mol. The van der Waals surface area contributed by atoms with E-state index >= 15 is 0 Å². The van der Waals surface area contributed by atoms with Crippen LogP contribution in [0, 0.1) is 0 Å². The standard InChI is InChI=1S/C21H26N4O2.HI/c1-21(2)12-17(16-6-4-5-7-18(16)27-21)25-20(23-3)24-13-14-8-10-15(11-9-14)19(22)26;/h4-11,17H,12-13H2,1-3H3,(H2,22,26)(H2,23,24,25);1H. The highest BCUT2D eigenvalue weighted by molar-refractivity contribution is 14.0. The summed E-state index contributed by atoms with van der Waals surface area (Å²) in [6.07, 6.45) is 0.831. The Balaban J connectivity index is 0.00000280. The number of nitrogens with two attached hydrogens (primary N) is 1. The van der Waals surface area contributed by atoms with Gasteiger partial charge in [0.1, 0.15) is 11.4 Å². The molecule has 1 aliphatic rings. The van der Waals surface area contributed by atoms with Gasteiger partial charge in [0.2, 0.25) is 5.91 Å². The van der Waals surface area contributed by atoms with Crippen LogP contribution in [0.25, 0.3) is 0 Å². The van der Waals surface area contributed by atoms with Gasteiger partial charge in [-0.25, -0.2) is 0 Å². The van der Waals surface area contributed by atoms with Crippen LogP contribution >= 0.6 is 24.0 Å². The molecule has 1 atom stereocenters. The maximum Gasteiger partial charge on any atom is 0.248 e. The van der Waals surface area contributed by atoms with Crippen LogP contribution in [0.2, 0.25) is 0 Å². The van der Waals surface area contributed by atoms with Crippen molar-refractivity contribution in [2.24, 2.45) is 10.7 Å². The van der Waals surface area contributed by atoms with Gasteiger partial charge in [0, 0.05) is 31.1 Å². The highest BCUT2D eigenvalue weighted by atomic mass is 127. The molecule has 7 heteroatoms. The van der Waals surface area contributed by atoms with Crippen LogP contribution in [0.3, 0.4) is 0 Å². The second-order valence-corrected chi connectivity index (χ2v) is 7.29. The number of hydrogen-bond donors (Lipinski definition) is 3. The minimum Gasteiger partial charge on any atom is -0.487 e. The van der Waals surface area contributed by atoms with E-state index in [0.717, 1.165) is 23.3 Å². The number of fused-ring (bicyclic) bond motifs is 1. The van der Waals surface area contributed by atoms with Crippen molar-refractivity contribution in [1.29, 1.82) is 0 Å². The Labute approximate surface area is 183 Å². The number of halogens is 1. The Kier molecular flexibility index (Phi) is 7.29. The molecule has 0 aliphatic carbocycles. The summed E-state index contributed by atoms with van der Waals surface area (Å²) in [4.78, 5) is 15.5. The van der Waals surface area contributed by atoms with Crippen molar-refractivity contribution in [3.63, 3.8) is 0 Å². The summed E-state index contributed by atoms with van der Waals surface area (Å²) < 4.78 is 6.09. The summed E-state index contributed by atoms with van der Waals surface area (Å²) in [6.45, 7) is 4.77. The molecule has 150 valence electrons. The van der Waals surface area contributed by atoms with Gasteiger partial charge in [-0.1, -0.05) is 30.3 Å². The maximum absolute atomic E-state index is 11.2. The first-order chi connectivity index (χ1) is 12.9. The predicted octanol–water partition coefficient (Wildman–Crippen LogP) is 3.37. The molecule has 1 amide bonds. The smallest absolute Gasteiger partial charge is 0.248 e. The number of hydrogen-bond acceptors (Lipinski definition) is 3. The van der Waals surface area contributed by atoms with Crippen molar-refractivity contribution in [2.75, 3.05) is 7.05 Å². The lowest BCUT2D eigenvalue weighted by molar-refractivity contribution is 0.0694. The van der Waals surface area contributed by atoms with Crippen molar-refractivity contribution in [2.45, 2.75) is 38.5 Å². The van der Waals surface area contributed by atoms with Gasteiger partial charge in [0.05, 0.1) is 6.04 Å². The van der Waals surface area contributed by atoms with Gasteiger partial charge >= 0.3 is 0 Å². The molecule has 0 bridgehead atoms. The molecular formula is C21H27IN4O2. The summed E-state index contributed by atoms with van der Waals surface area (Å²) in [6, 6.07) is 15.4. The topological polar surface area (TPSA) is 88.7 Å². The molecule has 0 spiro atoms. The number of carbonyl (C=O) groups is 1. The summed E-state index contributed by atoms with van der Waals surface area (Å²) in [5.74, 6) is 1.20. The number of amides is 1. The van der Waals surface area contributed by atoms with Crippen LogP contribution in [-0.4, -0.2) is 24.5 Å². The zero-order valence-corrected chi connectivity index (χ0v) is 18.7. The molecule has 1 heterocycles. The van der Waals surface area contributed by atoms with E-state index in [1.54, 1.807) is 19.2 Å².